The SMILES string of the molecule is O=C(O)COc1ccc(Cl)cc1C1c2cc(F)ccc2CCN1C(=O)OCc1ccccc1. The van der Waals surface area contributed by atoms with Gasteiger partial charge in [-0.2, -0.15) is 0 Å². The van der Waals surface area contributed by atoms with Crippen LogP contribution in [0, 0.1) is 5.82 Å². The minimum Gasteiger partial charge on any atom is -0.482 e. The van der Waals surface area contributed by atoms with Gasteiger partial charge in [-0.3, -0.25) is 4.90 Å². The van der Waals surface area contributed by atoms with Crippen LogP contribution >= 0.6 is 11.6 Å². The number of nitrogens with zero attached hydrogens (tertiary/aromatic N) is 1. The Labute approximate surface area is 195 Å². The van der Waals surface area contributed by atoms with Crippen molar-refractivity contribution in [3.63, 3.8) is 0 Å². The normalized spacial score (nSPS) is 15.0. The highest BCUT2D eigenvalue weighted by atomic mass is 35.5. The number of benzene rings is 3. The predicted molar refractivity (Wildman–Crippen MR) is 120 cm³/mol. The minimum absolute atomic E-state index is 0.0802. The Hall–Kier alpha value is -3.58. The Morgan fingerprint density at radius 1 is 1.06 bits per heavy atom. The van der Waals surface area contributed by atoms with E-state index in [4.69, 9.17) is 26.2 Å². The van der Waals surface area contributed by atoms with Gasteiger partial charge < -0.3 is 14.6 Å². The van der Waals surface area contributed by atoms with Gasteiger partial charge in [-0.05, 0) is 53.4 Å². The molecule has 0 fully saturated rings. The molecule has 0 saturated heterocycles. The molecule has 3 aromatic rings. The van der Waals surface area contributed by atoms with Crippen LogP contribution < -0.4 is 4.74 Å². The number of hydrogen-bond donors (Lipinski definition) is 1. The maximum Gasteiger partial charge on any atom is 0.410 e. The van der Waals surface area contributed by atoms with Gasteiger partial charge in [0, 0.05) is 17.1 Å². The van der Waals surface area contributed by atoms with Gasteiger partial charge in [-0.1, -0.05) is 48.0 Å². The molecule has 6 nitrogen and oxygen atoms in total. The maximum atomic E-state index is 14.2. The van der Waals surface area contributed by atoms with Crippen LogP contribution in [0.1, 0.15) is 28.3 Å². The van der Waals surface area contributed by atoms with Gasteiger partial charge in [0.25, 0.3) is 0 Å². The zero-order chi connectivity index (χ0) is 23.4. The molecule has 1 atom stereocenters. The molecule has 1 aliphatic rings. The fourth-order valence-corrected chi connectivity index (χ4v) is 4.10. The quantitative estimate of drug-likeness (QED) is 0.535. The number of fused-ring (bicyclic) bond motifs is 1. The third-order valence-electron chi connectivity index (χ3n) is 5.39. The van der Waals surface area contributed by atoms with Gasteiger partial charge in [-0.25, -0.2) is 14.0 Å². The second-order valence-electron chi connectivity index (χ2n) is 7.59. The lowest BCUT2D eigenvalue weighted by molar-refractivity contribution is -0.139. The smallest absolute Gasteiger partial charge is 0.410 e. The molecule has 4 rings (SSSR count). The largest absolute Gasteiger partial charge is 0.482 e. The molecule has 8 heteroatoms. The van der Waals surface area contributed by atoms with Gasteiger partial charge >= 0.3 is 12.1 Å². The van der Waals surface area contributed by atoms with Crippen molar-refractivity contribution in [2.75, 3.05) is 13.2 Å². The van der Waals surface area contributed by atoms with Gasteiger partial charge in [0.2, 0.25) is 0 Å². The number of hydrogen-bond acceptors (Lipinski definition) is 4. The molecule has 0 spiro atoms. The standard InChI is InChI=1S/C25H21ClFNO5/c26-18-7-9-22(32-15-23(29)30)21(12-18)24-20-13-19(27)8-6-17(20)10-11-28(24)25(31)33-14-16-4-2-1-3-5-16/h1-9,12-13,24H,10-11,14-15H2,(H,29,30). The van der Waals surface area contributed by atoms with E-state index in [9.17, 15) is 14.0 Å². The third kappa shape index (κ3) is 5.26. The lowest BCUT2D eigenvalue weighted by atomic mass is 9.88. The van der Waals surface area contributed by atoms with Crippen LogP contribution in [0.5, 0.6) is 5.75 Å². The molecule has 170 valence electrons. The number of halogens is 2. The first-order valence-electron chi connectivity index (χ1n) is 10.3. The first kappa shape index (κ1) is 22.6. The number of carboxylic acid groups (broad SMARTS) is 1. The van der Waals surface area contributed by atoms with Crippen molar-refractivity contribution in [3.8, 4) is 5.75 Å². The summed E-state index contributed by atoms with van der Waals surface area (Å²) in [5.74, 6) is -1.36. The summed E-state index contributed by atoms with van der Waals surface area (Å²) in [4.78, 5) is 25.7. The molecule has 0 aromatic heterocycles. The second kappa shape index (κ2) is 9.92. The fourth-order valence-electron chi connectivity index (χ4n) is 3.92. The lowest BCUT2D eigenvalue weighted by Crippen LogP contribution is -2.41. The monoisotopic (exact) mass is 469 g/mol. The van der Waals surface area contributed by atoms with Crippen molar-refractivity contribution in [2.45, 2.75) is 19.1 Å². The third-order valence-corrected chi connectivity index (χ3v) is 5.63. The second-order valence-corrected chi connectivity index (χ2v) is 8.03. The topological polar surface area (TPSA) is 76.1 Å². The van der Waals surface area contributed by atoms with Crippen LogP contribution in [-0.2, 0) is 22.6 Å². The molecule has 1 N–H and O–H groups in total. The fraction of sp³-hybridized carbons (Fsp3) is 0.200. The predicted octanol–water partition coefficient (Wildman–Crippen LogP) is 5.23. The van der Waals surface area contributed by atoms with E-state index in [2.05, 4.69) is 0 Å². The van der Waals surface area contributed by atoms with Gasteiger partial charge in [0.1, 0.15) is 18.2 Å². The van der Waals surface area contributed by atoms with E-state index in [1.807, 2.05) is 30.3 Å². The highest BCUT2D eigenvalue weighted by molar-refractivity contribution is 6.30. The van der Waals surface area contributed by atoms with E-state index >= 15 is 0 Å². The molecule has 1 amide bonds. The van der Waals surface area contributed by atoms with Gasteiger partial charge in [0.15, 0.2) is 6.61 Å². The average molecular weight is 470 g/mol. The number of carboxylic acids is 1. The molecule has 0 saturated carbocycles. The molecule has 1 unspecified atom stereocenters. The van der Waals surface area contributed by atoms with Crippen LogP contribution in [-0.4, -0.2) is 35.2 Å². The van der Waals surface area contributed by atoms with Crippen molar-refractivity contribution >= 4 is 23.7 Å². The van der Waals surface area contributed by atoms with Gasteiger partial charge in [0.05, 0.1) is 6.04 Å². The molecular weight excluding hydrogens is 449 g/mol. The summed E-state index contributed by atoms with van der Waals surface area (Å²) in [6.45, 7) is -0.172. The number of amides is 1. The Balaban J connectivity index is 1.72. The lowest BCUT2D eigenvalue weighted by Gasteiger charge is -2.37. The van der Waals surface area contributed by atoms with E-state index in [1.165, 1.54) is 17.0 Å². The van der Waals surface area contributed by atoms with Gasteiger partial charge in [-0.15, -0.1) is 0 Å². The number of carbonyl (C=O) groups is 2. The van der Waals surface area contributed by atoms with Crippen molar-refractivity contribution in [3.05, 3.63) is 99.8 Å². The average Bonchev–Trinajstić information content (AvgIpc) is 2.81. The van der Waals surface area contributed by atoms with Crippen molar-refractivity contribution in [1.29, 1.82) is 0 Å². The number of aliphatic carboxylic acids is 1. The summed E-state index contributed by atoms with van der Waals surface area (Å²) in [6, 6.07) is 17.6. The zero-order valence-corrected chi connectivity index (χ0v) is 18.3. The first-order valence-corrected chi connectivity index (χ1v) is 10.7. The van der Waals surface area contributed by atoms with Crippen LogP contribution in [0.2, 0.25) is 5.02 Å². The molecule has 1 heterocycles. The summed E-state index contributed by atoms with van der Waals surface area (Å²) in [7, 11) is 0. The minimum atomic E-state index is -1.15. The Morgan fingerprint density at radius 2 is 1.85 bits per heavy atom. The Bertz CT molecular complexity index is 1170. The van der Waals surface area contributed by atoms with E-state index in [1.54, 1.807) is 24.3 Å². The van der Waals surface area contributed by atoms with Crippen molar-refractivity contribution in [1.82, 2.24) is 4.90 Å². The van der Waals surface area contributed by atoms with Crippen LogP contribution in [0.25, 0.3) is 0 Å². The highest BCUT2D eigenvalue weighted by Crippen LogP contribution is 2.41. The van der Waals surface area contributed by atoms with Crippen molar-refractivity contribution in [2.24, 2.45) is 0 Å². The van der Waals surface area contributed by atoms with Crippen molar-refractivity contribution < 1.29 is 28.6 Å². The summed E-state index contributed by atoms with van der Waals surface area (Å²) in [5, 5.41) is 9.43. The molecule has 0 aliphatic carbocycles. The summed E-state index contributed by atoms with van der Waals surface area (Å²) in [5.41, 5.74) is 2.73. The van der Waals surface area contributed by atoms with E-state index < -0.39 is 30.5 Å². The van der Waals surface area contributed by atoms with Crippen LogP contribution in [0.3, 0.4) is 0 Å². The van der Waals surface area contributed by atoms with E-state index in [0.29, 0.717) is 29.1 Å². The number of carbonyl (C=O) groups excluding carboxylic acids is 1. The van der Waals surface area contributed by atoms with E-state index in [-0.39, 0.29) is 12.4 Å². The summed E-state index contributed by atoms with van der Waals surface area (Å²) < 4.78 is 25.3. The van der Waals surface area contributed by atoms with Crippen LogP contribution in [0.15, 0.2) is 66.7 Å². The molecule has 33 heavy (non-hydrogen) atoms. The maximum absolute atomic E-state index is 14.2. The first-order chi connectivity index (χ1) is 15.9. The molecule has 1 aliphatic heterocycles. The number of rotatable bonds is 6. The molecule has 3 aromatic carbocycles. The zero-order valence-electron chi connectivity index (χ0n) is 17.5. The highest BCUT2D eigenvalue weighted by Gasteiger charge is 2.35. The molecule has 0 bridgehead atoms. The summed E-state index contributed by atoms with van der Waals surface area (Å²) >= 11 is 6.24. The van der Waals surface area contributed by atoms with Crippen LogP contribution in [0.4, 0.5) is 9.18 Å². The summed E-state index contributed by atoms with van der Waals surface area (Å²) in [6.07, 6.45) is -0.0683. The Kier molecular flexibility index (Phi) is 6.79. The molecule has 0 radical (unpaired) electrons. The Morgan fingerprint density at radius 3 is 2.61 bits per heavy atom. The molecular formula is C25H21ClFNO5. The van der Waals surface area contributed by atoms with E-state index in [0.717, 1.165) is 11.1 Å². The number of ether oxygens (including phenoxy) is 2.